The molecule has 0 saturated carbocycles. The van der Waals surface area contributed by atoms with Crippen LogP contribution in [0.5, 0.6) is 5.75 Å². The molecule has 23 heavy (non-hydrogen) atoms. The van der Waals surface area contributed by atoms with E-state index in [9.17, 15) is 9.59 Å². The van der Waals surface area contributed by atoms with E-state index in [1.54, 1.807) is 43.3 Å². The second kappa shape index (κ2) is 8.34. The number of Topliss-reactive ketones (excluding diaryl/α,β-unsaturated/α-hetero) is 1. The van der Waals surface area contributed by atoms with Gasteiger partial charge in [-0.25, -0.2) is 0 Å². The SMILES string of the molecule is CCOC(=O)CC(=O)c1ccc(OCc2ccc(Cl)cc2)cc1. The van der Waals surface area contributed by atoms with Crippen molar-refractivity contribution >= 4 is 23.4 Å². The Bertz CT molecular complexity index is 662. The van der Waals surface area contributed by atoms with Gasteiger partial charge in [-0.05, 0) is 48.9 Å². The van der Waals surface area contributed by atoms with Crippen LogP contribution < -0.4 is 4.74 Å². The number of carbonyl (C=O) groups is 2. The van der Waals surface area contributed by atoms with Crippen LogP contribution in [0.4, 0.5) is 0 Å². The first kappa shape index (κ1) is 17.0. The Morgan fingerprint density at radius 1 is 1.00 bits per heavy atom. The van der Waals surface area contributed by atoms with E-state index in [4.69, 9.17) is 21.1 Å². The fourth-order valence-electron chi connectivity index (χ4n) is 1.93. The lowest BCUT2D eigenvalue weighted by Gasteiger charge is -2.07. The van der Waals surface area contributed by atoms with Gasteiger partial charge >= 0.3 is 5.97 Å². The van der Waals surface area contributed by atoms with Crippen LogP contribution >= 0.6 is 11.6 Å². The maximum atomic E-state index is 11.9. The van der Waals surface area contributed by atoms with Gasteiger partial charge in [-0.1, -0.05) is 23.7 Å². The zero-order chi connectivity index (χ0) is 16.7. The fraction of sp³-hybridized carbons (Fsp3) is 0.222. The Morgan fingerprint density at radius 2 is 1.65 bits per heavy atom. The van der Waals surface area contributed by atoms with Gasteiger partial charge in [0.05, 0.1) is 6.61 Å². The zero-order valence-electron chi connectivity index (χ0n) is 12.8. The Labute approximate surface area is 140 Å². The molecule has 0 bridgehead atoms. The van der Waals surface area contributed by atoms with Gasteiger partial charge in [0.1, 0.15) is 18.8 Å². The number of benzene rings is 2. The number of hydrogen-bond donors (Lipinski definition) is 0. The van der Waals surface area contributed by atoms with E-state index in [-0.39, 0.29) is 18.8 Å². The van der Waals surface area contributed by atoms with Crippen molar-refractivity contribution in [3.8, 4) is 5.75 Å². The summed E-state index contributed by atoms with van der Waals surface area (Å²) in [6, 6.07) is 14.1. The Morgan fingerprint density at radius 3 is 2.26 bits per heavy atom. The highest BCUT2D eigenvalue weighted by Crippen LogP contribution is 2.16. The van der Waals surface area contributed by atoms with Gasteiger partial charge in [0.25, 0.3) is 0 Å². The van der Waals surface area contributed by atoms with Gasteiger partial charge in [0, 0.05) is 10.6 Å². The third kappa shape index (κ3) is 5.42. The Balaban J connectivity index is 1.90. The number of hydrogen-bond acceptors (Lipinski definition) is 4. The molecular weight excluding hydrogens is 316 g/mol. The molecule has 0 heterocycles. The standard InChI is InChI=1S/C18H17ClO4/c1-2-22-18(21)11-17(20)14-5-9-16(10-6-14)23-12-13-3-7-15(19)8-4-13/h3-10H,2,11-12H2,1H3. The molecular formula is C18H17ClO4. The number of carbonyl (C=O) groups excluding carboxylic acids is 2. The summed E-state index contributed by atoms with van der Waals surface area (Å²) >= 11 is 5.83. The third-order valence-electron chi connectivity index (χ3n) is 3.11. The summed E-state index contributed by atoms with van der Waals surface area (Å²) in [5.41, 5.74) is 1.45. The lowest BCUT2D eigenvalue weighted by atomic mass is 10.1. The second-order valence-electron chi connectivity index (χ2n) is 4.84. The summed E-state index contributed by atoms with van der Waals surface area (Å²) in [5, 5.41) is 0.679. The van der Waals surface area contributed by atoms with E-state index in [1.807, 2.05) is 12.1 Å². The minimum Gasteiger partial charge on any atom is -0.489 e. The first-order chi connectivity index (χ1) is 11.1. The summed E-state index contributed by atoms with van der Waals surface area (Å²) in [7, 11) is 0. The van der Waals surface area contributed by atoms with Crippen molar-refractivity contribution in [3.63, 3.8) is 0 Å². The minimum absolute atomic E-state index is 0.251. The molecule has 120 valence electrons. The first-order valence-corrected chi connectivity index (χ1v) is 7.62. The molecule has 0 saturated heterocycles. The molecule has 0 amide bonds. The van der Waals surface area contributed by atoms with Crippen LogP contribution in [0.25, 0.3) is 0 Å². The van der Waals surface area contributed by atoms with Gasteiger partial charge in [-0.2, -0.15) is 0 Å². The number of ether oxygens (including phenoxy) is 2. The van der Waals surface area contributed by atoms with Crippen molar-refractivity contribution in [2.45, 2.75) is 20.0 Å². The van der Waals surface area contributed by atoms with Crippen molar-refractivity contribution < 1.29 is 19.1 Å². The molecule has 0 N–H and O–H groups in total. The van der Waals surface area contributed by atoms with Crippen molar-refractivity contribution in [3.05, 3.63) is 64.7 Å². The highest BCUT2D eigenvalue weighted by Gasteiger charge is 2.12. The molecule has 2 aromatic rings. The molecule has 5 heteroatoms. The molecule has 0 aromatic heterocycles. The summed E-state index contributed by atoms with van der Waals surface area (Å²) in [5.74, 6) is -0.138. The van der Waals surface area contributed by atoms with E-state index >= 15 is 0 Å². The largest absolute Gasteiger partial charge is 0.489 e. The van der Waals surface area contributed by atoms with Crippen LogP contribution in [0.15, 0.2) is 48.5 Å². The topological polar surface area (TPSA) is 52.6 Å². The van der Waals surface area contributed by atoms with Crippen LogP contribution in [0, 0.1) is 0 Å². The van der Waals surface area contributed by atoms with Gasteiger partial charge in [0.2, 0.25) is 0 Å². The lowest BCUT2D eigenvalue weighted by Crippen LogP contribution is -2.11. The monoisotopic (exact) mass is 332 g/mol. The minimum atomic E-state index is -0.513. The molecule has 2 aromatic carbocycles. The van der Waals surface area contributed by atoms with E-state index in [2.05, 4.69) is 0 Å². The van der Waals surface area contributed by atoms with E-state index in [1.165, 1.54) is 0 Å². The maximum Gasteiger partial charge on any atom is 0.313 e. The van der Waals surface area contributed by atoms with Crippen LogP contribution in [0.2, 0.25) is 5.02 Å². The summed E-state index contributed by atoms with van der Waals surface area (Å²) in [6.07, 6.45) is -0.251. The van der Waals surface area contributed by atoms with Crippen LogP contribution in [0.3, 0.4) is 0 Å². The van der Waals surface area contributed by atoms with Crippen molar-refractivity contribution in [2.75, 3.05) is 6.61 Å². The normalized spacial score (nSPS) is 10.2. The average molecular weight is 333 g/mol. The van der Waals surface area contributed by atoms with E-state index < -0.39 is 5.97 Å². The number of halogens is 1. The number of rotatable bonds is 7. The molecule has 0 aliphatic heterocycles. The van der Waals surface area contributed by atoms with Gasteiger partial charge in [-0.3, -0.25) is 9.59 Å². The van der Waals surface area contributed by atoms with E-state index in [0.717, 1.165) is 5.56 Å². The second-order valence-corrected chi connectivity index (χ2v) is 5.28. The Hall–Kier alpha value is -2.33. The molecule has 0 radical (unpaired) electrons. The van der Waals surface area contributed by atoms with Crippen LogP contribution in [-0.4, -0.2) is 18.4 Å². The molecule has 0 atom stereocenters. The van der Waals surface area contributed by atoms with Crippen molar-refractivity contribution in [1.29, 1.82) is 0 Å². The van der Waals surface area contributed by atoms with E-state index in [0.29, 0.717) is 22.9 Å². The summed E-state index contributed by atoms with van der Waals surface area (Å²) in [4.78, 5) is 23.2. The van der Waals surface area contributed by atoms with Crippen LogP contribution in [0.1, 0.15) is 29.3 Å². The molecule has 4 nitrogen and oxygen atoms in total. The number of ketones is 1. The summed E-state index contributed by atoms with van der Waals surface area (Å²) < 4.78 is 10.4. The highest BCUT2D eigenvalue weighted by atomic mass is 35.5. The quantitative estimate of drug-likeness (QED) is 0.436. The predicted octanol–water partition coefficient (Wildman–Crippen LogP) is 4.05. The molecule has 0 fully saturated rings. The van der Waals surface area contributed by atoms with Gasteiger partial charge < -0.3 is 9.47 Å². The predicted molar refractivity (Wildman–Crippen MR) is 87.8 cm³/mol. The van der Waals surface area contributed by atoms with Gasteiger partial charge in [0.15, 0.2) is 5.78 Å². The van der Waals surface area contributed by atoms with Crippen LogP contribution in [-0.2, 0) is 16.1 Å². The fourth-order valence-corrected chi connectivity index (χ4v) is 2.06. The van der Waals surface area contributed by atoms with Crippen molar-refractivity contribution in [2.24, 2.45) is 0 Å². The first-order valence-electron chi connectivity index (χ1n) is 7.24. The molecule has 2 rings (SSSR count). The molecule has 0 spiro atoms. The number of esters is 1. The lowest BCUT2D eigenvalue weighted by molar-refractivity contribution is -0.141. The third-order valence-corrected chi connectivity index (χ3v) is 3.36. The average Bonchev–Trinajstić information content (AvgIpc) is 2.55. The van der Waals surface area contributed by atoms with Gasteiger partial charge in [-0.15, -0.1) is 0 Å². The molecule has 0 unspecified atom stereocenters. The zero-order valence-corrected chi connectivity index (χ0v) is 13.5. The maximum absolute atomic E-state index is 11.9. The summed E-state index contributed by atoms with van der Waals surface area (Å²) in [6.45, 7) is 2.38. The van der Waals surface area contributed by atoms with Crippen molar-refractivity contribution in [1.82, 2.24) is 0 Å². The smallest absolute Gasteiger partial charge is 0.313 e. The highest BCUT2D eigenvalue weighted by molar-refractivity contribution is 6.30. The molecule has 0 aliphatic carbocycles. The Kier molecular flexibility index (Phi) is 6.18. The molecule has 0 aliphatic rings.